The number of aryl methyl sites for hydroxylation is 1. The fourth-order valence-electron chi connectivity index (χ4n) is 2.00. The molecule has 0 saturated carbocycles. The summed E-state index contributed by atoms with van der Waals surface area (Å²) in [7, 11) is 0. The van der Waals surface area contributed by atoms with Crippen LogP contribution in [0.15, 0.2) is 29.6 Å². The van der Waals surface area contributed by atoms with Crippen molar-refractivity contribution in [3.8, 4) is 0 Å². The molecule has 0 unspecified atom stereocenters. The molecule has 0 fully saturated rings. The van der Waals surface area contributed by atoms with Crippen LogP contribution in [0.4, 0.5) is 10.1 Å². The molecule has 6 heteroatoms. The highest BCUT2D eigenvalue weighted by atomic mass is 32.1. The van der Waals surface area contributed by atoms with E-state index in [4.69, 9.17) is 0 Å². The molecule has 0 bridgehead atoms. The van der Waals surface area contributed by atoms with Crippen LogP contribution >= 0.6 is 11.3 Å². The van der Waals surface area contributed by atoms with E-state index in [1.54, 1.807) is 11.3 Å². The van der Waals surface area contributed by atoms with Crippen molar-refractivity contribution in [2.24, 2.45) is 0 Å². The van der Waals surface area contributed by atoms with Gasteiger partial charge in [0.25, 0.3) is 5.69 Å². The van der Waals surface area contributed by atoms with Crippen LogP contribution in [0.3, 0.4) is 0 Å². The summed E-state index contributed by atoms with van der Waals surface area (Å²) >= 11 is 1.68. The summed E-state index contributed by atoms with van der Waals surface area (Å²) in [5, 5.41) is 15.9. The van der Waals surface area contributed by atoms with E-state index in [1.807, 2.05) is 5.38 Å². The fourth-order valence-corrected chi connectivity index (χ4v) is 2.94. The van der Waals surface area contributed by atoms with Crippen LogP contribution in [-0.4, -0.2) is 4.92 Å². The van der Waals surface area contributed by atoms with Gasteiger partial charge in [0.05, 0.1) is 11.0 Å². The number of hydrogen-bond donors (Lipinski definition) is 1. The zero-order valence-corrected chi connectivity index (χ0v) is 11.9. The quantitative estimate of drug-likeness (QED) is 0.653. The van der Waals surface area contributed by atoms with Crippen molar-refractivity contribution < 1.29 is 9.31 Å². The minimum atomic E-state index is -0.582. The summed E-state index contributed by atoms with van der Waals surface area (Å²) in [6, 6.07) is 5.73. The van der Waals surface area contributed by atoms with Gasteiger partial charge in [0, 0.05) is 24.0 Å². The number of non-ortho nitro benzene ring substituents is 1. The van der Waals surface area contributed by atoms with Gasteiger partial charge in [-0.1, -0.05) is 6.92 Å². The molecular weight excluding hydrogens is 279 g/mol. The molecule has 0 radical (unpaired) electrons. The molecule has 0 aliphatic carbocycles. The Morgan fingerprint density at radius 2 is 2.15 bits per heavy atom. The molecule has 2 rings (SSSR count). The smallest absolute Gasteiger partial charge is 0.272 e. The second-order valence-electron chi connectivity index (χ2n) is 4.40. The van der Waals surface area contributed by atoms with E-state index in [-0.39, 0.29) is 5.69 Å². The van der Waals surface area contributed by atoms with Crippen molar-refractivity contribution in [3.05, 3.63) is 61.6 Å². The molecule has 2 aromatic rings. The Morgan fingerprint density at radius 3 is 2.85 bits per heavy atom. The SMILES string of the molecule is CCc1ccsc1CNCc1cc(F)cc([N+](=O)[O-])c1. The van der Waals surface area contributed by atoms with Crippen LogP contribution < -0.4 is 5.32 Å². The lowest BCUT2D eigenvalue weighted by Crippen LogP contribution is -2.13. The summed E-state index contributed by atoms with van der Waals surface area (Å²) in [6.07, 6.45) is 0.978. The Balaban J connectivity index is 1.99. The number of halogens is 1. The summed E-state index contributed by atoms with van der Waals surface area (Å²) in [5.74, 6) is -0.582. The van der Waals surface area contributed by atoms with Crippen molar-refractivity contribution in [2.75, 3.05) is 0 Å². The number of hydrogen-bond acceptors (Lipinski definition) is 4. The Morgan fingerprint density at radius 1 is 1.35 bits per heavy atom. The maximum absolute atomic E-state index is 13.3. The van der Waals surface area contributed by atoms with Crippen LogP contribution in [0.25, 0.3) is 0 Å². The van der Waals surface area contributed by atoms with Gasteiger partial charge >= 0.3 is 0 Å². The van der Waals surface area contributed by atoms with Gasteiger partial charge in [-0.15, -0.1) is 11.3 Å². The molecule has 1 heterocycles. The first kappa shape index (κ1) is 14.6. The summed E-state index contributed by atoms with van der Waals surface area (Å²) in [5.41, 5.74) is 1.66. The highest BCUT2D eigenvalue weighted by Crippen LogP contribution is 2.18. The Labute approximate surface area is 120 Å². The second-order valence-corrected chi connectivity index (χ2v) is 5.40. The van der Waals surface area contributed by atoms with E-state index < -0.39 is 10.7 Å². The third-order valence-electron chi connectivity index (χ3n) is 2.99. The average Bonchev–Trinajstić information content (AvgIpc) is 2.85. The number of benzene rings is 1. The third kappa shape index (κ3) is 3.61. The van der Waals surface area contributed by atoms with Crippen molar-refractivity contribution in [2.45, 2.75) is 26.4 Å². The van der Waals surface area contributed by atoms with Crippen molar-refractivity contribution in [1.82, 2.24) is 5.32 Å². The lowest BCUT2D eigenvalue weighted by atomic mass is 10.2. The molecule has 1 N–H and O–H groups in total. The number of nitrogens with one attached hydrogen (secondary N) is 1. The molecule has 0 atom stereocenters. The predicted molar refractivity (Wildman–Crippen MR) is 77.3 cm³/mol. The highest BCUT2D eigenvalue weighted by Gasteiger charge is 2.10. The van der Waals surface area contributed by atoms with Crippen molar-refractivity contribution >= 4 is 17.0 Å². The lowest BCUT2D eigenvalue weighted by molar-refractivity contribution is -0.385. The summed E-state index contributed by atoms with van der Waals surface area (Å²) < 4.78 is 13.3. The van der Waals surface area contributed by atoms with Crippen LogP contribution in [0, 0.1) is 15.9 Å². The molecule has 0 spiro atoms. The summed E-state index contributed by atoms with van der Waals surface area (Å²) in [4.78, 5) is 11.3. The van der Waals surface area contributed by atoms with Gasteiger partial charge < -0.3 is 5.32 Å². The van der Waals surface area contributed by atoms with Crippen LogP contribution in [0.2, 0.25) is 0 Å². The number of nitrogens with zero attached hydrogens (tertiary/aromatic N) is 1. The highest BCUT2D eigenvalue weighted by molar-refractivity contribution is 7.10. The average molecular weight is 294 g/mol. The first-order valence-corrected chi connectivity index (χ1v) is 7.18. The monoisotopic (exact) mass is 294 g/mol. The van der Waals surface area contributed by atoms with Crippen molar-refractivity contribution in [3.63, 3.8) is 0 Å². The minimum Gasteiger partial charge on any atom is -0.308 e. The van der Waals surface area contributed by atoms with Crippen LogP contribution in [-0.2, 0) is 19.5 Å². The maximum Gasteiger partial charge on any atom is 0.272 e. The van der Waals surface area contributed by atoms with Gasteiger partial charge in [-0.2, -0.15) is 0 Å². The number of rotatable bonds is 6. The van der Waals surface area contributed by atoms with E-state index >= 15 is 0 Å². The standard InChI is InChI=1S/C14H15FN2O2S/c1-2-11-3-4-20-14(11)9-16-8-10-5-12(15)7-13(6-10)17(18)19/h3-7,16H,2,8-9H2,1H3. The number of thiophene rings is 1. The maximum atomic E-state index is 13.3. The molecule has 4 nitrogen and oxygen atoms in total. The zero-order valence-electron chi connectivity index (χ0n) is 11.1. The van der Waals surface area contributed by atoms with Crippen LogP contribution in [0.1, 0.15) is 22.9 Å². The molecule has 1 aromatic heterocycles. The van der Waals surface area contributed by atoms with Gasteiger partial charge in [-0.05, 0) is 35.1 Å². The van der Waals surface area contributed by atoms with Gasteiger partial charge in [0.2, 0.25) is 0 Å². The van der Waals surface area contributed by atoms with Gasteiger partial charge in [-0.3, -0.25) is 10.1 Å². The Kier molecular flexibility index (Phi) is 4.81. The Bertz CT molecular complexity index is 613. The molecule has 1 aromatic carbocycles. The molecule has 0 saturated heterocycles. The van der Waals surface area contributed by atoms with Crippen molar-refractivity contribution in [1.29, 1.82) is 0 Å². The minimum absolute atomic E-state index is 0.216. The van der Waals surface area contributed by atoms with E-state index in [0.717, 1.165) is 12.5 Å². The molecule has 0 aliphatic rings. The molecule has 0 amide bonds. The largest absolute Gasteiger partial charge is 0.308 e. The second kappa shape index (κ2) is 6.58. The number of nitro groups is 1. The normalized spacial score (nSPS) is 10.7. The van der Waals surface area contributed by atoms with Gasteiger partial charge in [0.15, 0.2) is 0 Å². The first-order chi connectivity index (χ1) is 9.60. The molecule has 106 valence electrons. The van der Waals surface area contributed by atoms with Crippen LogP contribution in [0.5, 0.6) is 0 Å². The zero-order chi connectivity index (χ0) is 14.5. The van der Waals surface area contributed by atoms with E-state index in [2.05, 4.69) is 18.3 Å². The molecule has 20 heavy (non-hydrogen) atoms. The predicted octanol–water partition coefficient (Wildman–Crippen LogP) is 3.65. The molecular formula is C14H15FN2O2S. The number of nitro benzene ring substituents is 1. The van der Waals surface area contributed by atoms with Gasteiger partial charge in [-0.25, -0.2) is 4.39 Å². The fraction of sp³-hybridized carbons (Fsp3) is 0.286. The Hall–Kier alpha value is -1.79. The van der Waals surface area contributed by atoms with Gasteiger partial charge in [0.1, 0.15) is 5.82 Å². The third-order valence-corrected chi connectivity index (χ3v) is 3.95. The topological polar surface area (TPSA) is 55.2 Å². The summed E-state index contributed by atoms with van der Waals surface area (Å²) in [6.45, 7) is 3.19. The molecule has 0 aliphatic heterocycles. The van der Waals surface area contributed by atoms with E-state index in [1.165, 1.54) is 22.6 Å². The van der Waals surface area contributed by atoms with E-state index in [9.17, 15) is 14.5 Å². The first-order valence-electron chi connectivity index (χ1n) is 6.30. The van der Waals surface area contributed by atoms with E-state index in [0.29, 0.717) is 18.7 Å². The lowest BCUT2D eigenvalue weighted by Gasteiger charge is -2.05.